The van der Waals surface area contributed by atoms with E-state index in [-0.39, 0.29) is 11.6 Å². The van der Waals surface area contributed by atoms with Gasteiger partial charge in [-0.15, -0.1) is 0 Å². The summed E-state index contributed by atoms with van der Waals surface area (Å²) in [5, 5.41) is 22.5. The van der Waals surface area contributed by atoms with Gasteiger partial charge in [0.05, 0.1) is 33.9 Å². The Morgan fingerprint density at radius 3 is 2.71 bits per heavy atom. The van der Waals surface area contributed by atoms with E-state index in [1.165, 1.54) is 11.0 Å². The van der Waals surface area contributed by atoms with Gasteiger partial charge in [-0.2, -0.15) is 0 Å². The highest BCUT2D eigenvalue weighted by Crippen LogP contribution is 2.33. The Kier molecular flexibility index (Phi) is 4.91. The van der Waals surface area contributed by atoms with Crippen LogP contribution in [0.5, 0.6) is 0 Å². The third-order valence-electron chi connectivity index (χ3n) is 6.02. The molecular formula is C22H20N4O4S. The number of aromatic nitrogens is 2. The van der Waals surface area contributed by atoms with Crippen molar-refractivity contribution >= 4 is 38.2 Å². The zero-order valence-electron chi connectivity index (χ0n) is 16.6. The lowest BCUT2D eigenvalue weighted by atomic mass is 9.97. The van der Waals surface area contributed by atoms with Gasteiger partial charge in [-0.1, -0.05) is 35.6 Å². The second kappa shape index (κ2) is 7.75. The highest BCUT2D eigenvalue weighted by atomic mass is 32.1. The van der Waals surface area contributed by atoms with E-state index < -0.39 is 10.9 Å². The number of carboxylic acids is 1. The van der Waals surface area contributed by atoms with Crippen LogP contribution in [0.3, 0.4) is 0 Å². The van der Waals surface area contributed by atoms with E-state index in [4.69, 9.17) is 4.98 Å². The number of aliphatic carboxylic acids is 1. The molecule has 4 aromatic rings. The molecule has 2 aromatic heterocycles. The Hall–Kier alpha value is -3.30. The topological polar surface area (TPSA) is 105 Å². The fourth-order valence-corrected chi connectivity index (χ4v) is 5.45. The van der Waals surface area contributed by atoms with Crippen LogP contribution in [0.1, 0.15) is 18.5 Å². The molecule has 0 atom stereocenters. The first-order chi connectivity index (χ1) is 15.0. The zero-order valence-corrected chi connectivity index (χ0v) is 17.4. The molecule has 0 saturated carbocycles. The van der Waals surface area contributed by atoms with Gasteiger partial charge < -0.3 is 14.8 Å². The van der Waals surface area contributed by atoms with Crippen molar-refractivity contribution in [2.75, 3.05) is 13.1 Å². The smallest absolute Gasteiger partial charge is 0.270 e. The number of nitro groups is 1. The first-order valence-electron chi connectivity index (χ1n) is 10.2. The molecule has 158 valence electrons. The van der Waals surface area contributed by atoms with Crippen LogP contribution < -0.4 is 10.0 Å². The first-order valence-corrected chi connectivity index (χ1v) is 11.0. The number of nitro benzene ring substituents is 1. The standard InChI is InChI=1S/C22H20N4O4S/c27-21(28)14-8-10-24(11-9-14)13-18-20(15-4-3-5-16(12-15)26(29)30)23-22-25(18)17-6-1-2-7-19(17)31-22/h1-7,12,14H,8-11,13H2,(H,27,28). The highest BCUT2D eigenvalue weighted by Gasteiger charge is 2.27. The lowest BCUT2D eigenvalue weighted by molar-refractivity contribution is -0.919. The maximum atomic E-state index is 11.3. The van der Waals surface area contributed by atoms with Crippen molar-refractivity contribution in [3.63, 3.8) is 0 Å². The highest BCUT2D eigenvalue weighted by molar-refractivity contribution is 7.23. The number of non-ortho nitro benzene ring substituents is 1. The molecule has 1 saturated heterocycles. The summed E-state index contributed by atoms with van der Waals surface area (Å²) < 4.78 is 3.27. The summed E-state index contributed by atoms with van der Waals surface area (Å²) >= 11 is 1.59. The van der Waals surface area contributed by atoms with Crippen LogP contribution in [0.4, 0.5) is 5.69 Å². The number of benzene rings is 2. The van der Waals surface area contributed by atoms with E-state index in [0.29, 0.717) is 24.9 Å². The average Bonchev–Trinajstić information content (AvgIpc) is 3.31. The summed E-state index contributed by atoms with van der Waals surface area (Å²) in [5.74, 6) is -1.35. The van der Waals surface area contributed by atoms with E-state index in [9.17, 15) is 20.0 Å². The molecule has 3 heterocycles. The predicted octanol–water partition coefficient (Wildman–Crippen LogP) is 1.67. The zero-order chi connectivity index (χ0) is 21.5. The molecule has 0 spiro atoms. The number of thiazole rings is 1. The molecule has 1 aliphatic rings. The van der Waals surface area contributed by atoms with Crippen molar-refractivity contribution in [3.05, 3.63) is 64.3 Å². The van der Waals surface area contributed by atoms with Crippen molar-refractivity contribution in [2.45, 2.75) is 19.4 Å². The molecule has 0 radical (unpaired) electrons. The summed E-state index contributed by atoms with van der Waals surface area (Å²) in [5.41, 5.74) is 3.55. The van der Waals surface area contributed by atoms with Gasteiger partial charge in [0.2, 0.25) is 0 Å². The molecule has 31 heavy (non-hydrogen) atoms. The summed E-state index contributed by atoms with van der Waals surface area (Å²) in [6, 6.07) is 14.7. The lowest BCUT2D eigenvalue weighted by Gasteiger charge is -2.29. The van der Waals surface area contributed by atoms with E-state index in [0.717, 1.165) is 39.7 Å². The number of para-hydroxylation sites is 1. The Labute approximate surface area is 181 Å². The van der Waals surface area contributed by atoms with Crippen LogP contribution in [0, 0.1) is 16.0 Å². The van der Waals surface area contributed by atoms with E-state index in [1.54, 1.807) is 23.5 Å². The number of quaternary nitrogens is 1. The fourth-order valence-electron chi connectivity index (χ4n) is 4.41. The molecule has 9 heteroatoms. The number of carbonyl (C=O) groups is 1. The van der Waals surface area contributed by atoms with Gasteiger partial charge in [0.15, 0.2) is 4.96 Å². The maximum Gasteiger partial charge on any atom is 0.270 e. The minimum Gasteiger partial charge on any atom is -0.550 e. The number of nitrogens with one attached hydrogen (secondary N) is 1. The Morgan fingerprint density at radius 1 is 1.19 bits per heavy atom. The van der Waals surface area contributed by atoms with Crippen molar-refractivity contribution in [2.24, 2.45) is 5.92 Å². The van der Waals surface area contributed by atoms with Crippen LogP contribution in [0.2, 0.25) is 0 Å². The Balaban J connectivity index is 1.60. The molecule has 2 aromatic carbocycles. The second-order valence-electron chi connectivity index (χ2n) is 7.92. The molecular weight excluding hydrogens is 416 g/mol. The van der Waals surface area contributed by atoms with Crippen molar-refractivity contribution in [3.8, 4) is 11.3 Å². The van der Waals surface area contributed by atoms with Crippen LogP contribution in [0.15, 0.2) is 48.5 Å². The average molecular weight is 436 g/mol. The van der Waals surface area contributed by atoms with Gasteiger partial charge in [0.25, 0.3) is 5.69 Å². The van der Waals surface area contributed by atoms with Crippen LogP contribution in [-0.2, 0) is 11.3 Å². The monoisotopic (exact) mass is 436 g/mol. The number of imidazole rings is 1. The molecule has 1 N–H and O–H groups in total. The van der Waals surface area contributed by atoms with E-state index in [2.05, 4.69) is 16.5 Å². The summed E-state index contributed by atoms with van der Waals surface area (Å²) in [4.78, 5) is 29.1. The third-order valence-corrected chi connectivity index (χ3v) is 7.04. The molecule has 0 bridgehead atoms. The summed E-state index contributed by atoms with van der Waals surface area (Å²) in [6.07, 6.45) is 1.19. The molecule has 1 fully saturated rings. The number of fused-ring (bicyclic) bond motifs is 3. The van der Waals surface area contributed by atoms with Gasteiger partial charge in [-0.3, -0.25) is 14.5 Å². The number of rotatable bonds is 5. The summed E-state index contributed by atoms with van der Waals surface area (Å²) in [6.45, 7) is 2.14. The Bertz CT molecular complexity index is 1300. The van der Waals surface area contributed by atoms with Gasteiger partial charge in [0, 0.05) is 42.4 Å². The SMILES string of the molecule is O=C([O-])C1CC[NH+](Cc2c(-c3cccc([N+](=O)[O-])c3)nc3sc4ccccc4n23)CC1. The van der Waals surface area contributed by atoms with Gasteiger partial charge in [-0.05, 0) is 12.1 Å². The molecule has 8 nitrogen and oxygen atoms in total. The van der Waals surface area contributed by atoms with E-state index in [1.807, 2.05) is 18.2 Å². The Morgan fingerprint density at radius 2 is 1.97 bits per heavy atom. The number of carbonyl (C=O) groups excluding carboxylic acids is 1. The minimum absolute atomic E-state index is 0.0341. The van der Waals surface area contributed by atoms with Crippen LogP contribution >= 0.6 is 11.3 Å². The number of piperidine rings is 1. The first kappa shape index (κ1) is 19.7. The fraction of sp³-hybridized carbons (Fsp3) is 0.273. The van der Waals surface area contributed by atoms with Gasteiger partial charge in [0.1, 0.15) is 12.2 Å². The normalized spacial score (nSPS) is 19.1. The number of nitrogens with zero attached hydrogens (tertiary/aromatic N) is 3. The summed E-state index contributed by atoms with van der Waals surface area (Å²) in [7, 11) is 0. The predicted molar refractivity (Wildman–Crippen MR) is 115 cm³/mol. The number of likely N-dealkylation sites (tertiary alicyclic amines) is 1. The van der Waals surface area contributed by atoms with Crippen LogP contribution in [0.25, 0.3) is 26.4 Å². The van der Waals surface area contributed by atoms with Crippen molar-refractivity contribution in [1.82, 2.24) is 9.38 Å². The molecule has 0 amide bonds. The number of carboxylic acid groups (broad SMARTS) is 1. The van der Waals surface area contributed by atoms with Gasteiger partial charge >= 0.3 is 0 Å². The molecule has 0 aliphatic carbocycles. The maximum absolute atomic E-state index is 11.3. The second-order valence-corrected chi connectivity index (χ2v) is 8.93. The van der Waals surface area contributed by atoms with Crippen LogP contribution in [-0.4, -0.2) is 33.4 Å². The third kappa shape index (κ3) is 3.55. The lowest BCUT2D eigenvalue weighted by Crippen LogP contribution is -3.12. The van der Waals surface area contributed by atoms with Crippen molar-refractivity contribution in [1.29, 1.82) is 0 Å². The largest absolute Gasteiger partial charge is 0.550 e. The minimum atomic E-state index is -0.966. The van der Waals surface area contributed by atoms with Gasteiger partial charge in [-0.25, -0.2) is 4.98 Å². The number of hydrogen-bond donors (Lipinski definition) is 1. The molecule has 0 unspecified atom stereocenters. The number of hydrogen-bond acceptors (Lipinski definition) is 6. The van der Waals surface area contributed by atoms with E-state index >= 15 is 0 Å². The molecule has 1 aliphatic heterocycles. The quantitative estimate of drug-likeness (QED) is 0.379. The van der Waals surface area contributed by atoms with Crippen molar-refractivity contribution < 1.29 is 19.7 Å². The molecule has 5 rings (SSSR count).